The second-order valence-corrected chi connectivity index (χ2v) is 9.74. The number of hydrogen-bond donors (Lipinski definition) is 0. The predicted octanol–water partition coefficient (Wildman–Crippen LogP) is 4.48. The van der Waals surface area contributed by atoms with Crippen molar-refractivity contribution >= 4 is 10.9 Å². The van der Waals surface area contributed by atoms with Crippen LogP contribution >= 0.6 is 0 Å². The van der Waals surface area contributed by atoms with Gasteiger partial charge in [0, 0.05) is 36.8 Å². The van der Waals surface area contributed by atoms with Crippen LogP contribution in [0.4, 0.5) is 8.78 Å². The summed E-state index contributed by atoms with van der Waals surface area (Å²) >= 11 is 0. The van der Waals surface area contributed by atoms with E-state index < -0.39 is 0 Å². The minimum absolute atomic E-state index is 0.0235. The third kappa shape index (κ3) is 4.20. The Morgan fingerprint density at radius 3 is 2.46 bits per heavy atom. The van der Waals surface area contributed by atoms with Crippen LogP contribution in [0.3, 0.4) is 0 Å². The molecule has 6 rings (SSSR count). The molecular weight excluding hydrogens is 448 g/mol. The van der Waals surface area contributed by atoms with Crippen LogP contribution in [-0.2, 0) is 19.5 Å². The molecule has 182 valence electrons. The first-order valence-electron chi connectivity index (χ1n) is 12.5. The summed E-state index contributed by atoms with van der Waals surface area (Å²) in [6.45, 7) is 4.10. The summed E-state index contributed by atoms with van der Waals surface area (Å²) in [6, 6.07) is 11.2. The molecule has 0 saturated carbocycles. The Bertz CT molecular complexity index is 1410. The molecule has 35 heavy (non-hydrogen) atoms. The number of aryl methyl sites for hydroxylation is 1. The number of hydrogen-bond acceptors (Lipinski definition) is 3. The first-order valence-corrected chi connectivity index (χ1v) is 12.5. The molecule has 4 aromatic rings. The first kappa shape index (κ1) is 22.2. The van der Waals surface area contributed by atoms with Crippen LogP contribution in [0.1, 0.15) is 43.0 Å². The van der Waals surface area contributed by atoms with E-state index in [2.05, 4.69) is 16.2 Å². The van der Waals surface area contributed by atoms with Gasteiger partial charge in [-0.15, -0.1) is 0 Å². The molecule has 1 saturated heterocycles. The van der Waals surface area contributed by atoms with Gasteiger partial charge >= 0.3 is 5.69 Å². The van der Waals surface area contributed by atoms with Crippen molar-refractivity contribution in [2.75, 3.05) is 19.6 Å². The highest BCUT2D eigenvalue weighted by Gasteiger charge is 2.25. The predicted molar refractivity (Wildman–Crippen MR) is 131 cm³/mol. The van der Waals surface area contributed by atoms with E-state index in [-0.39, 0.29) is 17.3 Å². The number of rotatable bonds is 5. The highest BCUT2D eigenvalue weighted by atomic mass is 19.1. The van der Waals surface area contributed by atoms with Crippen LogP contribution in [0.15, 0.2) is 53.5 Å². The summed E-state index contributed by atoms with van der Waals surface area (Å²) in [5, 5.41) is 5.60. The molecule has 8 heteroatoms. The zero-order valence-corrected chi connectivity index (χ0v) is 19.7. The molecule has 2 aliphatic rings. The lowest BCUT2D eigenvalue weighted by atomic mass is 9.89. The van der Waals surface area contributed by atoms with Crippen LogP contribution in [0, 0.1) is 11.6 Å². The molecular formula is C27H29F2N5O. The minimum atomic E-state index is -0.290. The van der Waals surface area contributed by atoms with E-state index in [1.165, 1.54) is 23.8 Å². The lowest BCUT2D eigenvalue weighted by molar-refractivity contribution is 0.202. The largest absolute Gasteiger partial charge is 0.345 e. The lowest BCUT2D eigenvalue weighted by Crippen LogP contribution is -2.37. The molecule has 0 unspecified atom stereocenters. The van der Waals surface area contributed by atoms with Crippen LogP contribution in [0.5, 0.6) is 0 Å². The van der Waals surface area contributed by atoms with Gasteiger partial charge in [-0.1, -0.05) is 0 Å². The molecule has 2 aliphatic heterocycles. The fraction of sp³-hybridized carbons (Fsp3) is 0.407. The zero-order chi connectivity index (χ0) is 23.9. The van der Waals surface area contributed by atoms with Gasteiger partial charge in [0.05, 0.1) is 12.1 Å². The highest BCUT2D eigenvalue weighted by Crippen LogP contribution is 2.36. The van der Waals surface area contributed by atoms with E-state index in [1.807, 2.05) is 15.2 Å². The average Bonchev–Trinajstić information content (AvgIpc) is 3.41. The van der Waals surface area contributed by atoms with Crippen molar-refractivity contribution in [3.8, 4) is 5.69 Å². The molecule has 0 bridgehead atoms. The smallest absolute Gasteiger partial charge is 0.316 e. The molecule has 2 aromatic carbocycles. The van der Waals surface area contributed by atoms with Crippen LogP contribution in [0.2, 0.25) is 0 Å². The molecule has 1 fully saturated rings. The Balaban J connectivity index is 1.17. The standard InChI is InChI=1S/C27H29F2N5O/c28-20-4-7-22(8-5-20)33-18-24(23-9-6-21(29)17-25(23)33)19-10-13-31(14-11-19)15-16-34-27(35)32-12-2-1-3-26(32)30-34/h4-9,17-19H,1-3,10-16H2. The van der Waals surface area contributed by atoms with Gasteiger partial charge in [-0.05, 0) is 92.7 Å². The summed E-state index contributed by atoms with van der Waals surface area (Å²) in [5.74, 6) is 0.719. The van der Waals surface area contributed by atoms with Gasteiger partial charge in [0.25, 0.3) is 0 Å². The molecule has 2 aromatic heterocycles. The average molecular weight is 478 g/mol. The highest BCUT2D eigenvalue weighted by molar-refractivity contribution is 5.86. The number of aromatic nitrogens is 4. The number of benzene rings is 2. The Morgan fingerprint density at radius 1 is 0.914 bits per heavy atom. The number of fused-ring (bicyclic) bond motifs is 2. The van der Waals surface area contributed by atoms with Gasteiger partial charge in [-0.25, -0.2) is 18.3 Å². The van der Waals surface area contributed by atoms with Crippen molar-refractivity contribution in [3.05, 3.63) is 82.2 Å². The molecule has 0 N–H and O–H groups in total. The lowest BCUT2D eigenvalue weighted by Gasteiger charge is -2.31. The topological polar surface area (TPSA) is 48.0 Å². The number of nitrogens with zero attached hydrogens (tertiary/aromatic N) is 5. The van der Waals surface area contributed by atoms with Crippen LogP contribution in [-0.4, -0.2) is 43.4 Å². The van der Waals surface area contributed by atoms with Crippen molar-refractivity contribution in [1.82, 2.24) is 23.8 Å². The van der Waals surface area contributed by atoms with Gasteiger partial charge in [0.15, 0.2) is 0 Å². The second-order valence-electron chi connectivity index (χ2n) is 9.74. The molecule has 0 spiro atoms. The zero-order valence-electron chi connectivity index (χ0n) is 19.7. The molecule has 0 aliphatic carbocycles. The molecule has 6 nitrogen and oxygen atoms in total. The van der Waals surface area contributed by atoms with E-state index in [1.54, 1.807) is 22.9 Å². The van der Waals surface area contributed by atoms with Crippen molar-refractivity contribution in [2.45, 2.75) is 51.1 Å². The summed E-state index contributed by atoms with van der Waals surface area (Å²) in [7, 11) is 0. The van der Waals surface area contributed by atoms with Gasteiger partial charge in [-0.2, -0.15) is 5.10 Å². The summed E-state index contributed by atoms with van der Waals surface area (Å²) in [5.41, 5.74) is 2.86. The monoisotopic (exact) mass is 477 g/mol. The van der Waals surface area contributed by atoms with Crippen molar-refractivity contribution in [1.29, 1.82) is 0 Å². The van der Waals surface area contributed by atoms with Crippen molar-refractivity contribution in [3.63, 3.8) is 0 Å². The van der Waals surface area contributed by atoms with E-state index in [0.717, 1.165) is 80.7 Å². The SMILES string of the molecule is O=c1n(CCN2CCC(c3cn(-c4ccc(F)cc4)c4cc(F)ccc34)CC2)nc2n1CCCC2. The van der Waals surface area contributed by atoms with Crippen LogP contribution in [0.25, 0.3) is 16.6 Å². The maximum Gasteiger partial charge on any atom is 0.345 e. The second kappa shape index (κ2) is 9.07. The Morgan fingerprint density at radius 2 is 1.69 bits per heavy atom. The Labute approximate surface area is 202 Å². The van der Waals surface area contributed by atoms with E-state index in [0.29, 0.717) is 12.5 Å². The number of piperidine rings is 1. The Kier molecular flexibility index (Phi) is 5.76. The van der Waals surface area contributed by atoms with E-state index in [4.69, 9.17) is 0 Å². The fourth-order valence-electron chi connectivity index (χ4n) is 5.66. The summed E-state index contributed by atoms with van der Waals surface area (Å²) < 4.78 is 33.0. The summed E-state index contributed by atoms with van der Waals surface area (Å²) in [6.07, 6.45) is 7.13. The molecule has 0 radical (unpaired) electrons. The van der Waals surface area contributed by atoms with Gasteiger partial charge < -0.3 is 9.47 Å². The summed E-state index contributed by atoms with van der Waals surface area (Å²) in [4.78, 5) is 15.0. The minimum Gasteiger partial charge on any atom is -0.316 e. The first-order chi connectivity index (χ1) is 17.1. The number of likely N-dealkylation sites (tertiary alicyclic amines) is 1. The quantitative estimate of drug-likeness (QED) is 0.426. The van der Waals surface area contributed by atoms with E-state index in [9.17, 15) is 13.6 Å². The third-order valence-corrected chi connectivity index (χ3v) is 7.59. The molecule has 0 atom stereocenters. The van der Waals surface area contributed by atoms with Crippen LogP contribution < -0.4 is 5.69 Å². The van der Waals surface area contributed by atoms with Crippen molar-refractivity contribution < 1.29 is 8.78 Å². The van der Waals surface area contributed by atoms with E-state index >= 15 is 0 Å². The van der Waals surface area contributed by atoms with Gasteiger partial charge in [-0.3, -0.25) is 4.57 Å². The maximum absolute atomic E-state index is 14.1. The molecule has 4 heterocycles. The third-order valence-electron chi connectivity index (χ3n) is 7.59. The maximum atomic E-state index is 14.1. The normalized spacial score (nSPS) is 17.2. The van der Waals surface area contributed by atoms with Gasteiger partial charge in [0.1, 0.15) is 17.5 Å². The fourth-order valence-corrected chi connectivity index (χ4v) is 5.66. The van der Waals surface area contributed by atoms with Gasteiger partial charge in [0.2, 0.25) is 0 Å². The number of halogens is 2. The molecule has 0 amide bonds. The van der Waals surface area contributed by atoms with Crippen molar-refractivity contribution in [2.24, 2.45) is 0 Å². The Hall–Kier alpha value is -3.26.